The number of hydrogen-bond acceptors (Lipinski definition) is 3. The monoisotopic (exact) mass is 270 g/mol. The van der Waals surface area contributed by atoms with Gasteiger partial charge in [0.1, 0.15) is 0 Å². The first-order valence-corrected chi connectivity index (χ1v) is 7.02. The number of rotatable bonds is 5. The highest BCUT2D eigenvalue weighted by atomic mass is 16.4. The van der Waals surface area contributed by atoms with Crippen molar-refractivity contribution in [2.75, 3.05) is 27.2 Å². The van der Waals surface area contributed by atoms with Gasteiger partial charge in [0, 0.05) is 27.2 Å². The van der Waals surface area contributed by atoms with E-state index >= 15 is 0 Å². The lowest BCUT2D eigenvalue weighted by atomic mass is 9.75. The fourth-order valence-electron chi connectivity index (χ4n) is 2.92. The van der Waals surface area contributed by atoms with Crippen LogP contribution in [0.4, 0.5) is 0 Å². The summed E-state index contributed by atoms with van der Waals surface area (Å²) in [6, 6.07) is -0.163. The van der Waals surface area contributed by atoms with Gasteiger partial charge in [-0.15, -0.1) is 0 Å². The van der Waals surface area contributed by atoms with Crippen LogP contribution in [0.25, 0.3) is 0 Å². The molecule has 1 rings (SSSR count). The van der Waals surface area contributed by atoms with Crippen LogP contribution < -0.4 is 0 Å². The third-order valence-corrected chi connectivity index (χ3v) is 4.28. The summed E-state index contributed by atoms with van der Waals surface area (Å²) in [6.45, 7) is 5.30. The van der Waals surface area contributed by atoms with Crippen LogP contribution in [-0.2, 0) is 9.59 Å². The van der Waals surface area contributed by atoms with Crippen LogP contribution in [0.2, 0.25) is 0 Å². The van der Waals surface area contributed by atoms with E-state index in [0.29, 0.717) is 25.9 Å². The summed E-state index contributed by atoms with van der Waals surface area (Å²) >= 11 is 0. The molecule has 1 aliphatic heterocycles. The number of carboxylic acids is 1. The molecule has 0 spiro atoms. The highest BCUT2D eigenvalue weighted by Gasteiger charge is 2.42. The number of carbonyl (C=O) groups is 2. The summed E-state index contributed by atoms with van der Waals surface area (Å²) in [5.41, 5.74) is -0.577. The minimum Gasteiger partial charge on any atom is -0.481 e. The quantitative estimate of drug-likeness (QED) is 0.821. The van der Waals surface area contributed by atoms with Gasteiger partial charge in [-0.2, -0.15) is 0 Å². The van der Waals surface area contributed by atoms with E-state index < -0.39 is 11.4 Å². The Balaban J connectivity index is 2.65. The normalized spacial score (nSPS) is 20.8. The minimum atomic E-state index is -0.680. The van der Waals surface area contributed by atoms with Crippen molar-refractivity contribution in [3.8, 4) is 0 Å². The third-order valence-electron chi connectivity index (χ3n) is 4.28. The average Bonchev–Trinajstić information content (AvgIpc) is 2.37. The smallest absolute Gasteiger partial charge is 0.309 e. The molecule has 1 N–H and O–H groups in total. The number of likely N-dealkylation sites (N-methyl/N-ethyl adjacent to an activating group) is 1. The zero-order chi connectivity index (χ0) is 14.6. The van der Waals surface area contributed by atoms with Crippen LogP contribution in [0.5, 0.6) is 0 Å². The predicted molar refractivity (Wildman–Crippen MR) is 73.9 cm³/mol. The maximum Gasteiger partial charge on any atom is 0.309 e. The zero-order valence-corrected chi connectivity index (χ0v) is 12.5. The van der Waals surface area contributed by atoms with Crippen LogP contribution >= 0.6 is 0 Å². The highest BCUT2D eigenvalue weighted by molar-refractivity contribution is 5.81. The first-order chi connectivity index (χ1) is 8.84. The van der Waals surface area contributed by atoms with E-state index in [0.717, 1.165) is 12.8 Å². The van der Waals surface area contributed by atoms with Gasteiger partial charge in [-0.05, 0) is 26.2 Å². The van der Waals surface area contributed by atoms with E-state index in [9.17, 15) is 14.7 Å². The fraction of sp³-hybridized carbons (Fsp3) is 0.857. The minimum absolute atomic E-state index is 0.0818. The summed E-state index contributed by atoms with van der Waals surface area (Å²) in [6.07, 6.45) is 2.90. The average molecular weight is 270 g/mol. The molecule has 0 bridgehead atoms. The Bertz CT molecular complexity index is 334. The molecule has 1 unspecified atom stereocenters. The topological polar surface area (TPSA) is 60.9 Å². The number of carbonyl (C=O) groups excluding carboxylic acids is 1. The van der Waals surface area contributed by atoms with Gasteiger partial charge in [0.25, 0.3) is 0 Å². The van der Waals surface area contributed by atoms with E-state index in [1.165, 1.54) is 0 Å². The summed E-state index contributed by atoms with van der Waals surface area (Å²) in [4.78, 5) is 27.1. The van der Waals surface area contributed by atoms with Crippen LogP contribution in [0.15, 0.2) is 0 Å². The van der Waals surface area contributed by atoms with Crippen molar-refractivity contribution in [3.05, 3.63) is 0 Å². The fourth-order valence-corrected chi connectivity index (χ4v) is 2.92. The largest absolute Gasteiger partial charge is 0.481 e. The Kier molecular flexibility index (Phi) is 5.35. The first-order valence-electron chi connectivity index (χ1n) is 7.02. The van der Waals surface area contributed by atoms with Crippen molar-refractivity contribution in [1.29, 1.82) is 0 Å². The van der Waals surface area contributed by atoms with Crippen molar-refractivity contribution in [2.45, 2.75) is 45.6 Å². The van der Waals surface area contributed by atoms with Crippen molar-refractivity contribution in [1.82, 2.24) is 9.80 Å². The molecule has 1 aliphatic rings. The molecule has 0 radical (unpaired) electrons. The maximum atomic E-state index is 11.9. The molecule has 1 atom stereocenters. The summed E-state index contributed by atoms with van der Waals surface area (Å²) in [5, 5.41) is 9.45. The van der Waals surface area contributed by atoms with Crippen molar-refractivity contribution < 1.29 is 14.7 Å². The van der Waals surface area contributed by atoms with Crippen molar-refractivity contribution in [3.63, 3.8) is 0 Å². The molecule has 1 amide bonds. The number of nitrogens with zero attached hydrogens (tertiary/aromatic N) is 2. The van der Waals surface area contributed by atoms with Crippen molar-refractivity contribution in [2.24, 2.45) is 5.41 Å². The lowest BCUT2D eigenvalue weighted by Crippen LogP contribution is -2.51. The number of piperidine rings is 1. The summed E-state index contributed by atoms with van der Waals surface area (Å²) < 4.78 is 0. The Labute approximate surface area is 115 Å². The third kappa shape index (κ3) is 3.47. The molecule has 110 valence electrons. The number of likely N-dealkylation sites (tertiary alicyclic amines) is 1. The van der Waals surface area contributed by atoms with Gasteiger partial charge in [0.15, 0.2) is 0 Å². The van der Waals surface area contributed by atoms with E-state index in [-0.39, 0.29) is 11.9 Å². The number of amides is 1. The van der Waals surface area contributed by atoms with Gasteiger partial charge in [0.2, 0.25) is 5.91 Å². The van der Waals surface area contributed by atoms with Gasteiger partial charge in [-0.3, -0.25) is 14.5 Å². The summed E-state index contributed by atoms with van der Waals surface area (Å²) in [5.74, 6) is -0.598. The standard InChI is InChI=1S/C14H26N2O3/c1-5-6-14(13(18)19)7-9-16(10-8-14)11(2)12(17)15(3)4/h11H,5-10H2,1-4H3,(H,18,19). The molecule has 0 aliphatic carbocycles. The SMILES string of the molecule is CCCC1(C(=O)O)CCN(C(C)C(=O)N(C)C)CC1. The maximum absolute atomic E-state index is 11.9. The van der Waals surface area contributed by atoms with Gasteiger partial charge in [0.05, 0.1) is 11.5 Å². The predicted octanol–water partition coefficient (Wildman–Crippen LogP) is 1.43. The molecule has 5 nitrogen and oxygen atoms in total. The Morgan fingerprint density at radius 2 is 1.84 bits per heavy atom. The molecule has 0 saturated carbocycles. The van der Waals surface area contributed by atoms with Crippen LogP contribution in [0.1, 0.15) is 39.5 Å². The van der Waals surface area contributed by atoms with Gasteiger partial charge in [-0.25, -0.2) is 0 Å². The highest BCUT2D eigenvalue weighted by Crippen LogP contribution is 2.37. The Morgan fingerprint density at radius 3 is 2.21 bits per heavy atom. The second-order valence-corrected chi connectivity index (χ2v) is 5.78. The molecule has 0 aromatic rings. The van der Waals surface area contributed by atoms with Crippen LogP contribution in [-0.4, -0.2) is 60.0 Å². The zero-order valence-electron chi connectivity index (χ0n) is 12.5. The molecule has 0 aromatic carbocycles. The molecule has 0 aromatic heterocycles. The lowest BCUT2D eigenvalue weighted by molar-refractivity contribution is -0.153. The van der Waals surface area contributed by atoms with Crippen LogP contribution in [0, 0.1) is 5.41 Å². The first kappa shape index (κ1) is 16.0. The number of hydrogen-bond donors (Lipinski definition) is 1. The molecule has 19 heavy (non-hydrogen) atoms. The van der Waals surface area contributed by atoms with E-state index in [2.05, 4.69) is 4.90 Å². The Morgan fingerprint density at radius 1 is 1.32 bits per heavy atom. The molecular formula is C14H26N2O3. The molecule has 1 saturated heterocycles. The van der Waals surface area contributed by atoms with Gasteiger partial charge in [-0.1, -0.05) is 13.3 Å². The second-order valence-electron chi connectivity index (χ2n) is 5.78. The van der Waals surface area contributed by atoms with Crippen molar-refractivity contribution >= 4 is 11.9 Å². The second kappa shape index (κ2) is 6.37. The lowest BCUT2D eigenvalue weighted by Gasteiger charge is -2.41. The molecule has 5 heteroatoms. The van der Waals surface area contributed by atoms with Crippen LogP contribution in [0.3, 0.4) is 0 Å². The van der Waals surface area contributed by atoms with Gasteiger partial charge >= 0.3 is 5.97 Å². The van der Waals surface area contributed by atoms with Gasteiger partial charge < -0.3 is 10.0 Å². The number of aliphatic carboxylic acids is 1. The Hall–Kier alpha value is -1.10. The summed E-state index contributed by atoms with van der Waals surface area (Å²) in [7, 11) is 3.50. The van der Waals surface area contributed by atoms with E-state index in [4.69, 9.17) is 0 Å². The number of carboxylic acid groups (broad SMARTS) is 1. The van der Waals surface area contributed by atoms with E-state index in [1.54, 1.807) is 19.0 Å². The molecule has 1 fully saturated rings. The van der Waals surface area contributed by atoms with E-state index in [1.807, 2.05) is 13.8 Å². The molecule has 1 heterocycles. The molecular weight excluding hydrogens is 244 g/mol.